The Morgan fingerprint density at radius 1 is 1.05 bits per heavy atom. The SMILES string of the molecule is Cc1ccc(C)c(C(=O)CSc2ccc(F)c(F)c2)c1. The summed E-state index contributed by atoms with van der Waals surface area (Å²) in [7, 11) is 0. The molecule has 0 radical (unpaired) electrons. The van der Waals surface area contributed by atoms with E-state index >= 15 is 0 Å². The third-order valence-corrected chi connectivity index (χ3v) is 3.95. The van der Waals surface area contributed by atoms with Gasteiger partial charge in [0.1, 0.15) is 0 Å². The topological polar surface area (TPSA) is 17.1 Å². The summed E-state index contributed by atoms with van der Waals surface area (Å²) in [5.41, 5.74) is 2.63. The summed E-state index contributed by atoms with van der Waals surface area (Å²) >= 11 is 1.20. The van der Waals surface area contributed by atoms with Crippen molar-refractivity contribution >= 4 is 17.5 Å². The summed E-state index contributed by atoms with van der Waals surface area (Å²) < 4.78 is 25.9. The molecule has 20 heavy (non-hydrogen) atoms. The molecule has 0 aliphatic rings. The molecule has 0 heterocycles. The Morgan fingerprint density at radius 3 is 2.50 bits per heavy atom. The van der Waals surface area contributed by atoms with Gasteiger partial charge in [0.2, 0.25) is 0 Å². The quantitative estimate of drug-likeness (QED) is 0.607. The van der Waals surface area contributed by atoms with Crippen molar-refractivity contribution < 1.29 is 13.6 Å². The fourth-order valence-electron chi connectivity index (χ4n) is 1.83. The van der Waals surface area contributed by atoms with Crippen LogP contribution in [0.2, 0.25) is 0 Å². The molecule has 104 valence electrons. The summed E-state index contributed by atoms with van der Waals surface area (Å²) in [5, 5.41) is 0. The average Bonchev–Trinajstić information content (AvgIpc) is 2.42. The van der Waals surface area contributed by atoms with E-state index in [0.717, 1.165) is 23.3 Å². The van der Waals surface area contributed by atoms with Crippen LogP contribution in [0.1, 0.15) is 21.5 Å². The summed E-state index contributed by atoms with van der Waals surface area (Å²) in [6, 6.07) is 9.36. The number of thioether (sulfide) groups is 1. The number of Topliss-reactive ketones (excluding diaryl/α,β-unsaturated/α-hetero) is 1. The maximum absolute atomic E-state index is 13.1. The fraction of sp³-hybridized carbons (Fsp3) is 0.188. The molecular weight excluding hydrogens is 278 g/mol. The number of carbonyl (C=O) groups excluding carboxylic acids is 1. The minimum Gasteiger partial charge on any atom is -0.293 e. The van der Waals surface area contributed by atoms with Gasteiger partial charge in [0.05, 0.1) is 5.75 Å². The number of hydrogen-bond acceptors (Lipinski definition) is 2. The number of benzene rings is 2. The average molecular weight is 292 g/mol. The lowest BCUT2D eigenvalue weighted by Crippen LogP contribution is -2.05. The van der Waals surface area contributed by atoms with Crippen LogP contribution < -0.4 is 0 Å². The van der Waals surface area contributed by atoms with E-state index < -0.39 is 11.6 Å². The lowest BCUT2D eigenvalue weighted by Gasteiger charge is -2.06. The molecule has 2 rings (SSSR count). The number of aryl methyl sites for hydroxylation is 2. The van der Waals surface area contributed by atoms with Gasteiger partial charge in [-0.25, -0.2) is 8.78 Å². The molecule has 0 N–H and O–H groups in total. The summed E-state index contributed by atoms with van der Waals surface area (Å²) in [6.45, 7) is 3.81. The molecule has 0 spiro atoms. The highest BCUT2D eigenvalue weighted by Crippen LogP contribution is 2.22. The molecular formula is C16H14F2OS. The first-order valence-electron chi connectivity index (χ1n) is 6.15. The van der Waals surface area contributed by atoms with Gasteiger partial charge in [-0.1, -0.05) is 17.7 Å². The smallest absolute Gasteiger partial charge is 0.173 e. The van der Waals surface area contributed by atoms with Gasteiger partial charge < -0.3 is 0 Å². The van der Waals surface area contributed by atoms with Gasteiger partial charge in [-0.3, -0.25) is 4.79 Å². The van der Waals surface area contributed by atoms with Crippen LogP contribution in [0.3, 0.4) is 0 Å². The maximum atomic E-state index is 13.1. The lowest BCUT2D eigenvalue weighted by molar-refractivity contribution is 0.102. The largest absolute Gasteiger partial charge is 0.293 e. The molecule has 0 bridgehead atoms. The van der Waals surface area contributed by atoms with E-state index in [1.54, 1.807) is 0 Å². The van der Waals surface area contributed by atoms with Gasteiger partial charge in [-0.15, -0.1) is 11.8 Å². The van der Waals surface area contributed by atoms with Crippen LogP contribution in [-0.2, 0) is 0 Å². The monoisotopic (exact) mass is 292 g/mol. The predicted molar refractivity (Wildman–Crippen MR) is 77.3 cm³/mol. The number of carbonyl (C=O) groups is 1. The molecule has 0 saturated heterocycles. The van der Waals surface area contributed by atoms with Crippen molar-refractivity contribution in [2.24, 2.45) is 0 Å². The van der Waals surface area contributed by atoms with Crippen molar-refractivity contribution in [3.8, 4) is 0 Å². The summed E-state index contributed by atoms with van der Waals surface area (Å²) in [4.78, 5) is 12.7. The normalized spacial score (nSPS) is 10.6. The fourth-order valence-corrected chi connectivity index (χ4v) is 2.63. The minimum absolute atomic E-state index is 0.0130. The van der Waals surface area contributed by atoms with Gasteiger partial charge in [-0.05, 0) is 43.7 Å². The number of rotatable bonds is 4. The molecule has 0 aromatic heterocycles. The van der Waals surface area contributed by atoms with Gasteiger partial charge in [0.25, 0.3) is 0 Å². The number of halogens is 2. The third kappa shape index (κ3) is 3.45. The Labute approximate surface area is 121 Å². The summed E-state index contributed by atoms with van der Waals surface area (Å²) in [5.74, 6) is -1.58. The van der Waals surface area contributed by atoms with Crippen LogP contribution >= 0.6 is 11.8 Å². The standard InChI is InChI=1S/C16H14F2OS/c1-10-3-4-11(2)13(7-10)16(19)9-20-12-5-6-14(17)15(18)8-12/h3-8H,9H2,1-2H3. The van der Waals surface area contributed by atoms with E-state index in [0.29, 0.717) is 10.5 Å². The molecule has 1 nitrogen and oxygen atoms in total. The van der Waals surface area contributed by atoms with Gasteiger partial charge in [-0.2, -0.15) is 0 Å². The van der Waals surface area contributed by atoms with E-state index in [4.69, 9.17) is 0 Å². The van der Waals surface area contributed by atoms with Gasteiger partial charge >= 0.3 is 0 Å². The number of hydrogen-bond donors (Lipinski definition) is 0. The van der Waals surface area contributed by atoms with Crippen molar-refractivity contribution in [3.05, 3.63) is 64.7 Å². The van der Waals surface area contributed by atoms with E-state index in [1.807, 2.05) is 32.0 Å². The second-order valence-corrected chi connectivity index (χ2v) is 5.65. The zero-order valence-corrected chi connectivity index (χ0v) is 12.1. The highest BCUT2D eigenvalue weighted by Gasteiger charge is 2.11. The van der Waals surface area contributed by atoms with E-state index in [2.05, 4.69) is 0 Å². The highest BCUT2D eigenvalue weighted by atomic mass is 32.2. The van der Waals surface area contributed by atoms with Crippen LogP contribution in [0.4, 0.5) is 8.78 Å². The molecule has 2 aromatic carbocycles. The zero-order valence-electron chi connectivity index (χ0n) is 11.2. The second-order valence-electron chi connectivity index (χ2n) is 4.61. The molecule has 0 unspecified atom stereocenters. The van der Waals surface area contributed by atoms with Crippen molar-refractivity contribution in [2.75, 3.05) is 5.75 Å². The molecule has 0 atom stereocenters. The highest BCUT2D eigenvalue weighted by molar-refractivity contribution is 8.00. The molecule has 0 amide bonds. The van der Waals surface area contributed by atoms with Crippen LogP contribution in [0.5, 0.6) is 0 Å². The van der Waals surface area contributed by atoms with Crippen LogP contribution in [0.25, 0.3) is 0 Å². The predicted octanol–water partition coefficient (Wildman–Crippen LogP) is 4.56. The second kappa shape index (κ2) is 6.18. The Kier molecular flexibility index (Phi) is 4.55. The Bertz CT molecular complexity index is 653. The van der Waals surface area contributed by atoms with E-state index in [9.17, 15) is 13.6 Å². The van der Waals surface area contributed by atoms with Gasteiger partial charge in [0, 0.05) is 10.5 Å². The van der Waals surface area contributed by atoms with Crippen LogP contribution in [-0.4, -0.2) is 11.5 Å². The van der Waals surface area contributed by atoms with Crippen molar-refractivity contribution in [1.29, 1.82) is 0 Å². The summed E-state index contributed by atoms with van der Waals surface area (Å²) in [6.07, 6.45) is 0. The first kappa shape index (κ1) is 14.7. The molecule has 0 fully saturated rings. The van der Waals surface area contributed by atoms with Gasteiger partial charge in [0.15, 0.2) is 17.4 Å². The van der Waals surface area contributed by atoms with Crippen LogP contribution in [0, 0.1) is 25.5 Å². The van der Waals surface area contributed by atoms with Crippen molar-refractivity contribution in [3.63, 3.8) is 0 Å². The van der Waals surface area contributed by atoms with E-state index in [-0.39, 0.29) is 11.5 Å². The number of ketones is 1. The zero-order chi connectivity index (χ0) is 14.7. The molecule has 0 saturated carbocycles. The Hall–Kier alpha value is -1.68. The molecule has 0 aliphatic carbocycles. The van der Waals surface area contributed by atoms with E-state index in [1.165, 1.54) is 17.8 Å². The van der Waals surface area contributed by atoms with Crippen molar-refractivity contribution in [2.45, 2.75) is 18.7 Å². The van der Waals surface area contributed by atoms with Crippen LogP contribution in [0.15, 0.2) is 41.3 Å². The Morgan fingerprint density at radius 2 is 1.80 bits per heavy atom. The first-order valence-corrected chi connectivity index (χ1v) is 7.14. The maximum Gasteiger partial charge on any atom is 0.173 e. The molecule has 2 aromatic rings. The molecule has 0 aliphatic heterocycles. The Balaban J connectivity index is 2.08. The minimum atomic E-state index is -0.894. The lowest BCUT2D eigenvalue weighted by atomic mass is 10.0. The molecule has 4 heteroatoms. The van der Waals surface area contributed by atoms with Crippen molar-refractivity contribution in [1.82, 2.24) is 0 Å². The third-order valence-electron chi connectivity index (χ3n) is 2.95. The first-order chi connectivity index (χ1) is 9.47.